The van der Waals surface area contributed by atoms with Crippen LogP contribution in [0.5, 0.6) is 0 Å². The van der Waals surface area contributed by atoms with E-state index in [4.69, 9.17) is 10.8 Å². The monoisotopic (exact) mass is 249 g/mol. The zero-order chi connectivity index (χ0) is 13.1. The van der Waals surface area contributed by atoms with Crippen molar-refractivity contribution < 1.29 is 9.90 Å². The normalized spacial score (nSPS) is 22.9. The SMILES string of the molecule is CC1CCC(CNc2ncc(N)cc2C(=O)O)C1. The van der Waals surface area contributed by atoms with E-state index in [0.29, 0.717) is 17.4 Å². The molecule has 1 heterocycles. The van der Waals surface area contributed by atoms with Crippen molar-refractivity contribution in [1.29, 1.82) is 0 Å². The maximum absolute atomic E-state index is 11.1. The van der Waals surface area contributed by atoms with Gasteiger partial charge < -0.3 is 16.2 Å². The second kappa shape index (κ2) is 5.25. The lowest BCUT2D eigenvalue weighted by Gasteiger charge is -2.13. The molecule has 18 heavy (non-hydrogen) atoms. The molecule has 0 amide bonds. The average molecular weight is 249 g/mol. The Bertz CT molecular complexity index is 448. The zero-order valence-electron chi connectivity index (χ0n) is 10.5. The number of hydrogen-bond donors (Lipinski definition) is 3. The first kappa shape index (κ1) is 12.7. The minimum absolute atomic E-state index is 0.140. The van der Waals surface area contributed by atoms with Gasteiger partial charge in [-0.25, -0.2) is 9.78 Å². The molecule has 0 aromatic carbocycles. The second-order valence-electron chi connectivity index (χ2n) is 5.14. The highest BCUT2D eigenvalue weighted by atomic mass is 16.4. The molecule has 0 aliphatic heterocycles. The fraction of sp³-hybridized carbons (Fsp3) is 0.538. The molecule has 1 aromatic rings. The minimum Gasteiger partial charge on any atom is -0.478 e. The van der Waals surface area contributed by atoms with Gasteiger partial charge in [-0.1, -0.05) is 13.3 Å². The van der Waals surface area contributed by atoms with Gasteiger partial charge in [0.15, 0.2) is 0 Å². The number of carbonyl (C=O) groups is 1. The quantitative estimate of drug-likeness (QED) is 0.761. The smallest absolute Gasteiger partial charge is 0.339 e. The third kappa shape index (κ3) is 2.91. The summed E-state index contributed by atoms with van der Waals surface area (Å²) in [5.41, 5.74) is 6.06. The van der Waals surface area contributed by atoms with E-state index in [1.807, 2.05) is 0 Å². The maximum atomic E-state index is 11.1. The summed E-state index contributed by atoms with van der Waals surface area (Å²) in [5.74, 6) is 0.796. The fourth-order valence-electron chi connectivity index (χ4n) is 2.54. The van der Waals surface area contributed by atoms with Crippen LogP contribution in [-0.2, 0) is 0 Å². The fourth-order valence-corrected chi connectivity index (χ4v) is 2.54. The van der Waals surface area contributed by atoms with Crippen LogP contribution >= 0.6 is 0 Å². The van der Waals surface area contributed by atoms with Crippen molar-refractivity contribution in [3.63, 3.8) is 0 Å². The second-order valence-corrected chi connectivity index (χ2v) is 5.14. The molecule has 1 saturated carbocycles. The molecule has 98 valence electrons. The molecule has 2 unspecified atom stereocenters. The molecule has 1 aromatic heterocycles. The number of nitrogens with one attached hydrogen (secondary N) is 1. The Kier molecular flexibility index (Phi) is 3.69. The molecule has 2 rings (SSSR count). The largest absolute Gasteiger partial charge is 0.478 e. The van der Waals surface area contributed by atoms with E-state index in [9.17, 15) is 4.79 Å². The summed E-state index contributed by atoms with van der Waals surface area (Å²) in [7, 11) is 0. The van der Waals surface area contributed by atoms with Crippen LogP contribution in [0.15, 0.2) is 12.3 Å². The zero-order valence-corrected chi connectivity index (χ0v) is 10.5. The number of pyridine rings is 1. The Morgan fingerprint density at radius 1 is 1.61 bits per heavy atom. The molecular weight excluding hydrogens is 230 g/mol. The Hall–Kier alpha value is -1.78. The molecule has 0 radical (unpaired) electrons. The van der Waals surface area contributed by atoms with Crippen molar-refractivity contribution in [3.8, 4) is 0 Å². The standard InChI is InChI=1S/C13H19N3O2/c1-8-2-3-9(4-8)6-15-12-11(13(17)18)5-10(14)7-16-12/h5,7-9H,2-4,6,14H2,1H3,(H,15,16)(H,17,18). The van der Waals surface area contributed by atoms with Crippen molar-refractivity contribution in [2.75, 3.05) is 17.6 Å². The van der Waals surface area contributed by atoms with Crippen LogP contribution in [-0.4, -0.2) is 22.6 Å². The number of nitrogen functional groups attached to an aromatic ring is 1. The van der Waals surface area contributed by atoms with Gasteiger partial charge in [0.1, 0.15) is 11.4 Å². The Morgan fingerprint density at radius 3 is 3.00 bits per heavy atom. The van der Waals surface area contributed by atoms with Gasteiger partial charge in [0, 0.05) is 6.54 Å². The molecule has 0 saturated heterocycles. The van der Waals surface area contributed by atoms with Gasteiger partial charge in [0.2, 0.25) is 0 Å². The van der Waals surface area contributed by atoms with Crippen LogP contribution in [0.2, 0.25) is 0 Å². The van der Waals surface area contributed by atoms with E-state index in [1.165, 1.54) is 31.5 Å². The van der Waals surface area contributed by atoms with Crippen LogP contribution in [0.1, 0.15) is 36.5 Å². The summed E-state index contributed by atoms with van der Waals surface area (Å²) in [6.45, 7) is 3.03. The number of carboxylic acid groups (broad SMARTS) is 1. The van der Waals surface area contributed by atoms with Gasteiger partial charge in [-0.05, 0) is 30.7 Å². The van der Waals surface area contributed by atoms with Gasteiger partial charge in [0.25, 0.3) is 0 Å². The summed E-state index contributed by atoms with van der Waals surface area (Å²) in [6, 6.07) is 1.44. The van der Waals surface area contributed by atoms with Crippen LogP contribution in [0, 0.1) is 11.8 Å². The van der Waals surface area contributed by atoms with E-state index < -0.39 is 5.97 Å². The predicted octanol–water partition coefficient (Wildman–Crippen LogP) is 2.21. The van der Waals surface area contributed by atoms with Crippen LogP contribution in [0.25, 0.3) is 0 Å². The summed E-state index contributed by atoms with van der Waals surface area (Å²) >= 11 is 0. The summed E-state index contributed by atoms with van der Waals surface area (Å²) < 4.78 is 0. The summed E-state index contributed by atoms with van der Waals surface area (Å²) in [6.07, 6.45) is 5.13. The Labute approximate surface area is 106 Å². The first-order valence-electron chi connectivity index (χ1n) is 6.29. The maximum Gasteiger partial charge on any atom is 0.339 e. The molecule has 1 fully saturated rings. The summed E-state index contributed by atoms with van der Waals surface area (Å²) in [5, 5.41) is 12.2. The number of hydrogen-bond acceptors (Lipinski definition) is 4. The van der Waals surface area contributed by atoms with Crippen LogP contribution in [0.3, 0.4) is 0 Å². The number of nitrogens with zero attached hydrogens (tertiary/aromatic N) is 1. The third-order valence-electron chi connectivity index (χ3n) is 3.50. The molecule has 5 heteroatoms. The van der Waals surface area contributed by atoms with E-state index in [2.05, 4.69) is 17.2 Å². The topological polar surface area (TPSA) is 88.2 Å². The number of rotatable bonds is 4. The highest BCUT2D eigenvalue weighted by molar-refractivity contribution is 5.94. The Balaban J connectivity index is 2.02. The first-order valence-corrected chi connectivity index (χ1v) is 6.29. The summed E-state index contributed by atoms with van der Waals surface area (Å²) in [4.78, 5) is 15.1. The minimum atomic E-state index is -1.00. The van der Waals surface area contributed by atoms with Crippen LogP contribution in [0.4, 0.5) is 11.5 Å². The van der Waals surface area contributed by atoms with E-state index >= 15 is 0 Å². The van der Waals surface area contributed by atoms with Gasteiger partial charge in [-0.3, -0.25) is 0 Å². The third-order valence-corrected chi connectivity index (χ3v) is 3.50. The number of aromatic carboxylic acids is 1. The highest BCUT2D eigenvalue weighted by Crippen LogP contribution is 2.30. The van der Waals surface area contributed by atoms with Crippen molar-refractivity contribution in [3.05, 3.63) is 17.8 Å². The molecule has 4 N–H and O–H groups in total. The number of carboxylic acids is 1. The molecule has 2 atom stereocenters. The van der Waals surface area contributed by atoms with Crippen molar-refractivity contribution in [1.82, 2.24) is 4.98 Å². The lowest BCUT2D eigenvalue weighted by Crippen LogP contribution is -2.15. The van der Waals surface area contributed by atoms with Crippen molar-refractivity contribution in [2.24, 2.45) is 11.8 Å². The molecule has 0 spiro atoms. The lowest BCUT2D eigenvalue weighted by molar-refractivity contribution is 0.0697. The van der Waals surface area contributed by atoms with Gasteiger partial charge in [-0.2, -0.15) is 0 Å². The van der Waals surface area contributed by atoms with Crippen molar-refractivity contribution in [2.45, 2.75) is 26.2 Å². The molecule has 1 aliphatic rings. The van der Waals surface area contributed by atoms with Crippen molar-refractivity contribution >= 4 is 17.5 Å². The highest BCUT2D eigenvalue weighted by Gasteiger charge is 2.21. The van der Waals surface area contributed by atoms with Gasteiger partial charge >= 0.3 is 5.97 Å². The Morgan fingerprint density at radius 2 is 2.39 bits per heavy atom. The van der Waals surface area contributed by atoms with Crippen LogP contribution < -0.4 is 11.1 Å². The predicted molar refractivity (Wildman–Crippen MR) is 70.6 cm³/mol. The molecular formula is C13H19N3O2. The number of anilines is 2. The lowest BCUT2D eigenvalue weighted by atomic mass is 10.1. The molecule has 0 bridgehead atoms. The number of nitrogens with two attached hydrogens (primary N) is 1. The first-order chi connectivity index (χ1) is 8.56. The van der Waals surface area contributed by atoms with Gasteiger partial charge in [0.05, 0.1) is 11.9 Å². The molecule has 5 nitrogen and oxygen atoms in total. The molecule has 1 aliphatic carbocycles. The van der Waals surface area contributed by atoms with E-state index in [0.717, 1.165) is 12.5 Å². The number of aromatic nitrogens is 1. The average Bonchev–Trinajstić information content (AvgIpc) is 2.73. The van der Waals surface area contributed by atoms with Gasteiger partial charge in [-0.15, -0.1) is 0 Å². The van der Waals surface area contributed by atoms with E-state index in [-0.39, 0.29) is 5.56 Å². The van der Waals surface area contributed by atoms with E-state index in [1.54, 1.807) is 0 Å².